The number of methoxy groups -OCH3 is 1. The molecule has 0 N–H and O–H groups in total. The topological polar surface area (TPSA) is 60.4 Å². The molecular formula is C10H12F6O4S. The van der Waals surface area contributed by atoms with Gasteiger partial charge >= 0.3 is 18.3 Å². The van der Waals surface area contributed by atoms with Crippen LogP contribution in [0.3, 0.4) is 0 Å². The van der Waals surface area contributed by atoms with Gasteiger partial charge in [-0.3, -0.25) is 4.79 Å². The standard InChI is InChI=1S/C10H12F6O4S/c1-20-8(17)7(3-2-4-9(11,12)13)21(18,19)6-5-10(14,15)16/h2,4,7H,3,5-6H2,1H3/b4-2+. The van der Waals surface area contributed by atoms with Crippen LogP contribution in [0.2, 0.25) is 0 Å². The van der Waals surface area contributed by atoms with Crippen molar-refractivity contribution in [3.63, 3.8) is 0 Å². The maximum atomic E-state index is 12.0. The van der Waals surface area contributed by atoms with Gasteiger partial charge in [0.1, 0.15) is 0 Å². The van der Waals surface area contributed by atoms with E-state index in [1.54, 1.807) is 0 Å². The molecule has 11 heteroatoms. The highest BCUT2D eigenvalue weighted by Crippen LogP contribution is 2.23. The van der Waals surface area contributed by atoms with Gasteiger partial charge in [0.05, 0.1) is 19.3 Å². The second-order valence-electron chi connectivity index (χ2n) is 3.92. The number of carbonyl (C=O) groups excluding carboxylic acids is 1. The van der Waals surface area contributed by atoms with Crippen molar-refractivity contribution >= 4 is 15.8 Å². The molecule has 0 radical (unpaired) electrons. The van der Waals surface area contributed by atoms with E-state index >= 15 is 0 Å². The van der Waals surface area contributed by atoms with Crippen LogP contribution in [0.25, 0.3) is 0 Å². The summed E-state index contributed by atoms with van der Waals surface area (Å²) in [5.41, 5.74) is 0. The Bertz CT molecular complexity index is 477. The summed E-state index contributed by atoms with van der Waals surface area (Å²) in [6.07, 6.45) is -12.1. The Labute approximate surface area is 116 Å². The summed E-state index contributed by atoms with van der Waals surface area (Å²) in [6.45, 7) is 0. The lowest BCUT2D eigenvalue weighted by atomic mass is 10.3. The predicted octanol–water partition coefficient (Wildman–Crippen LogP) is 2.40. The largest absolute Gasteiger partial charge is 0.468 e. The fraction of sp³-hybridized carbons (Fsp3) is 0.700. The average molecular weight is 342 g/mol. The van der Waals surface area contributed by atoms with E-state index in [2.05, 4.69) is 4.74 Å². The Morgan fingerprint density at radius 2 is 1.71 bits per heavy atom. The molecule has 0 bridgehead atoms. The number of esters is 1. The summed E-state index contributed by atoms with van der Waals surface area (Å²) in [6, 6.07) is 0. The summed E-state index contributed by atoms with van der Waals surface area (Å²) in [5.74, 6) is -2.82. The molecule has 0 rings (SSSR count). The highest BCUT2D eigenvalue weighted by atomic mass is 32.2. The second-order valence-corrected chi connectivity index (χ2v) is 6.23. The summed E-state index contributed by atoms with van der Waals surface area (Å²) in [4.78, 5) is 11.2. The van der Waals surface area contributed by atoms with Gasteiger partial charge in [-0.2, -0.15) is 26.3 Å². The third kappa shape index (κ3) is 8.58. The molecule has 1 unspecified atom stereocenters. The van der Waals surface area contributed by atoms with Gasteiger partial charge in [0.25, 0.3) is 0 Å². The molecule has 0 aliphatic heterocycles. The number of halogens is 6. The number of alkyl halides is 6. The van der Waals surface area contributed by atoms with E-state index in [1.807, 2.05) is 0 Å². The average Bonchev–Trinajstić information content (AvgIpc) is 2.29. The summed E-state index contributed by atoms with van der Waals surface area (Å²) in [5, 5.41) is -2.11. The van der Waals surface area contributed by atoms with Gasteiger partial charge in [0.15, 0.2) is 15.1 Å². The molecule has 0 saturated heterocycles. The first-order valence-electron chi connectivity index (χ1n) is 5.39. The van der Waals surface area contributed by atoms with E-state index in [1.165, 1.54) is 0 Å². The molecule has 0 aromatic carbocycles. The first kappa shape index (κ1) is 19.7. The lowest BCUT2D eigenvalue weighted by Crippen LogP contribution is -2.34. The van der Waals surface area contributed by atoms with Crippen LogP contribution in [0.4, 0.5) is 26.3 Å². The van der Waals surface area contributed by atoms with E-state index in [0.717, 1.165) is 7.11 Å². The van der Waals surface area contributed by atoms with E-state index in [4.69, 9.17) is 0 Å². The molecule has 1 atom stereocenters. The molecule has 0 saturated carbocycles. The van der Waals surface area contributed by atoms with Crippen LogP contribution in [-0.2, 0) is 19.4 Å². The van der Waals surface area contributed by atoms with Crippen molar-refractivity contribution in [2.45, 2.75) is 30.4 Å². The first-order chi connectivity index (χ1) is 9.28. The van der Waals surface area contributed by atoms with Gasteiger partial charge in [-0.1, -0.05) is 6.08 Å². The molecule has 0 fully saturated rings. The van der Waals surface area contributed by atoms with Gasteiger partial charge in [-0.25, -0.2) is 8.42 Å². The van der Waals surface area contributed by atoms with Crippen LogP contribution < -0.4 is 0 Å². The van der Waals surface area contributed by atoms with Crippen LogP contribution in [0.5, 0.6) is 0 Å². The molecule has 0 aliphatic rings. The normalized spacial score (nSPS) is 15.2. The smallest absolute Gasteiger partial charge is 0.409 e. The summed E-state index contributed by atoms with van der Waals surface area (Å²) >= 11 is 0. The highest BCUT2D eigenvalue weighted by molar-refractivity contribution is 7.92. The molecule has 4 nitrogen and oxygen atoms in total. The molecular weight excluding hydrogens is 330 g/mol. The van der Waals surface area contributed by atoms with Crippen molar-refractivity contribution in [2.24, 2.45) is 0 Å². The zero-order valence-corrected chi connectivity index (χ0v) is 11.5. The summed E-state index contributed by atoms with van der Waals surface area (Å²) < 4.78 is 99.0. The highest BCUT2D eigenvalue weighted by Gasteiger charge is 2.37. The number of sulfone groups is 1. The molecule has 0 heterocycles. The van der Waals surface area contributed by atoms with Crippen molar-refractivity contribution in [1.29, 1.82) is 0 Å². The van der Waals surface area contributed by atoms with Crippen LogP contribution in [0.1, 0.15) is 12.8 Å². The number of hydrogen-bond donors (Lipinski definition) is 0. The monoisotopic (exact) mass is 342 g/mol. The van der Waals surface area contributed by atoms with Gasteiger partial charge in [0.2, 0.25) is 0 Å². The Kier molecular flexibility index (Phi) is 6.71. The fourth-order valence-electron chi connectivity index (χ4n) is 1.25. The van der Waals surface area contributed by atoms with Crippen LogP contribution in [0, 0.1) is 0 Å². The van der Waals surface area contributed by atoms with E-state index < -0.39 is 52.0 Å². The van der Waals surface area contributed by atoms with Crippen molar-refractivity contribution in [3.8, 4) is 0 Å². The van der Waals surface area contributed by atoms with Gasteiger partial charge in [-0.05, 0) is 6.42 Å². The molecule has 0 aromatic rings. The molecule has 124 valence electrons. The Hall–Kier alpha value is -1.26. The van der Waals surface area contributed by atoms with Crippen molar-refractivity contribution in [1.82, 2.24) is 0 Å². The Morgan fingerprint density at radius 1 is 1.19 bits per heavy atom. The van der Waals surface area contributed by atoms with E-state index in [0.29, 0.717) is 6.08 Å². The zero-order valence-electron chi connectivity index (χ0n) is 10.7. The van der Waals surface area contributed by atoms with E-state index in [9.17, 15) is 39.6 Å². The van der Waals surface area contributed by atoms with Crippen molar-refractivity contribution in [3.05, 3.63) is 12.2 Å². The zero-order chi connectivity index (χ0) is 16.9. The minimum Gasteiger partial charge on any atom is -0.468 e. The fourth-order valence-corrected chi connectivity index (χ4v) is 2.84. The van der Waals surface area contributed by atoms with Gasteiger partial charge in [-0.15, -0.1) is 0 Å². The Balaban J connectivity index is 5.06. The third-order valence-electron chi connectivity index (χ3n) is 2.22. The maximum absolute atomic E-state index is 12.0. The molecule has 0 aromatic heterocycles. The first-order valence-corrected chi connectivity index (χ1v) is 7.10. The predicted molar refractivity (Wildman–Crippen MR) is 60.1 cm³/mol. The minimum absolute atomic E-state index is 0.303. The van der Waals surface area contributed by atoms with E-state index in [-0.39, 0.29) is 6.08 Å². The summed E-state index contributed by atoms with van der Waals surface area (Å²) in [7, 11) is -3.82. The lowest BCUT2D eigenvalue weighted by Gasteiger charge is -2.14. The van der Waals surface area contributed by atoms with Crippen LogP contribution >= 0.6 is 0 Å². The lowest BCUT2D eigenvalue weighted by molar-refractivity contribution is -0.140. The SMILES string of the molecule is COC(=O)C(C/C=C/C(F)(F)F)S(=O)(=O)CCC(F)(F)F. The maximum Gasteiger partial charge on any atom is 0.409 e. The second kappa shape index (κ2) is 7.14. The minimum atomic E-state index is -4.77. The van der Waals surface area contributed by atoms with Crippen molar-refractivity contribution in [2.75, 3.05) is 12.9 Å². The number of hydrogen-bond acceptors (Lipinski definition) is 4. The number of rotatable bonds is 6. The van der Waals surface area contributed by atoms with Gasteiger partial charge in [0, 0.05) is 6.08 Å². The Morgan fingerprint density at radius 3 is 2.10 bits per heavy atom. The third-order valence-corrected chi connectivity index (χ3v) is 4.25. The molecule has 0 spiro atoms. The quantitative estimate of drug-likeness (QED) is 0.423. The van der Waals surface area contributed by atoms with Crippen molar-refractivity contribution < 1.29 is 44.3 Å². The van der Waals surface area contributed by atoms with Crippen LogP contribution in [0.15, 0.2) is 12.2 Å². The number of allylic oxidation sites excluding steroid dienone is 2. The molecule has 0 aliphatic carbocycles. The van der Waals surface area contributed by atoms with Gasteiger partial charge < -0.3 is 4.74 Å². The number of ether oxygens (including phenoxy) is 1. The number of carbonyl (C=O) groups is 1. The van der Waals surface area contributed by atoms with Crippen LogP contribution in [-0.4, -0.2) is 44.9 Å². The molecule has 21 heavy (non-hydrogen) atoms. The molecule has 0 amide bonds.